The lowest BCUT2D eigenvalue weighted by Gasteiger charge is -2.06. The predicted molar refractivity (Wildman–Crippen MR) is 79.1 cm³/mol. The molecule has 4 heteroatoms. The van der Waals surface area contributed by atoms with Crippen molar-refractivity contribution in [3.63, 3.8) is 0 Å². The summed E-state index contributed by atoms with van der Waals surface area (Å²) in [6, 6.07) is 15.2. The number of rotatable bonds is 5. The summed E-state index contributed by atoms with van der Waals surface area (Å²) >= 11 is 1.66. The van der Waals surface area contributed by atoms with E-state index in [0.717, 1.165) is 22.5 Å². The minimum Gasteiger partial charge on any atom is -0.495 e. The van der Waals surface area contributed by atoms with Gasteiger partial charge in [0.25, 0.3) is 0 Å². The molecule has 20 heavy (non-hydrogen) atoms. The van der Waals surface area contributed by atoms with Crippen molar-refractivity contribution in [1.82, 2.24) is 0 Å². The van der Waals surface area contributed by atoms with Crippen molar-refractivity contribution >= 4 is 18.0 Å². The van der Waals surface area contributed by atoms with Crippen molar-refractivity contribution < 1.29 is 9.53 Å². The summed E-state index contributed by atoms with van der Waals surface area (Å²) in [6.07, 6.45) is 0.830. The molecule has 3 nitrogen and oxygen atoms in total. The summed E-state index contributed by atoms with van der Waals surface area (Å²) < 4.78 is 5.12. The van der Waals surface area contributed by atoms with Crippen LogP contribution in [0.15, 0.2) is 47.4 Å². The zero-order valence-electron chi connectivity index (χ0n) is 11.0. The van der Waals surface area contributed by atoms with Crippen molar-refractivity contribution in [1.29, 1.82) is 5.26 Å². The van der Waals surface area contributed by atoms with Gasteiger partial charge in [-0.05, 0) is 29.8 Å². The standard InChI is InChI=1S/C16H13NO2S/c1-19-16-7-4-13(8-14(16)9-17)11-20-15-5-2-12(10-18)3-6-15/h2-8,10H,11H2,1H3. The average Bonchev–Trinajstić information content (AvgIpc) is 2.53. The fourth-order valence-electron chi connectivity index (χ4n) is 1.74. The number of nitrogens with zero attached hydrogens (tertiary/aromatic N) is 1. The van der Waals surface area contributed by atoms with Crippen molar-refractivity contribution in [2.24, 2.45) is 0 Å². The highest BCUT2D eigenvalue weighted by Crippen LogP contribution is 2.26. The molecule has 0 atom stereocenters. The van der Waals surface area contributed by atoms with Gasteiger partial charge in [0, 0.05) is 16.2 Å². The highest BCUT2D eigenvalue weighted by Gasteiger charge is 2.04. The van der Waals surface area contributed by atoms with Gasteiger partial charge in [-0.2, -0.15) is 5.26 Å². The van der Waals surface area contributed by atoms with Gasteiger partial charge in [-0.1, -0.05) is 18.2 Å². The Morgan fingerprint density at radius 1 is 1.25 bits per heavy atom. The van der Waals surface area contributed by atoms with E-state index in [1.807, 2.05) is 30.3 Å². The molecule has 0 saturated heterocycles. The molecule has 0 amide bonds. The number of aldehydes is 1. The molecule has 0 bridgehead atoms. The maximum absolute atomic E-state index is 10.6. The number of methoxy groups -OCH3 is 1. The van der Waals surface area contributed by atoms with Crippen molar-refractivity contribution in [2.75, 3.05) is 7.11 Å². The smallest absolute Gasteiger partial charge is 0.150 e. The molecule has 0 N–H and O–H groups in total. The molecule has 0 heterocycles. The van der Waals surface area contributed by atoms with Crippen molar-refractivity contribution in [2.45, 2.75) is 10.6 Å². The van der Waals surface area contributed by atoms with E-state index in [2.05, 4.69) is 6.07 Å². The van der Waals surface area contributed by atoms with Crippen LogP contribution in [-0.4, -0.2) is 13.4 Å². The molecule has 0 spiro atoms. The van der Waals surface area contributed by atoms with E-state index in [0.29, 0.717) is 16.9 Å². The lowest BCUT2D eigenvalue weighted by Crippen LogP contribution is -1.90. The van der Waals surface area contributed by atoms with E-state index in [1.54, 1.807) is 31.0 Å². The quantitative estimate of drug-likeness (QED) is 0.620. The minimum absolute atomic E-state index is 0.543. The first-order valence-corrected chi connectivity index (χ1v) is 7.00. The molecular weight excluding hydrogens is 270 g/mol. The van der Waals surface area contributed by atoms with Crippen LogP contribution in [0.2, 0.25) is 0 Å². The SMILES string of the molecule is COc1ccc(CSc2ccc(C=O)cc2)cc1C#N. The van der Waals surface area contributed by atoms with Gasteiger partial charge in [-0.3, -0.25) is 4.79 Å². The van der Waals surface area contributed by atoms with Crippen molar-refractivity contribution in [3.8, 4) is 11.8 Å². The summed E-state index contributed by atoms with van der Waals surface area (Å²) in [5.41, 5.74) is 2.28. The van der Waals surface area contributed by atoms with Gasteiger partial charge in [-0.15, -0.1) is 11.8 Å². The van der Waals surface area contributed by atoms with E-state index >= 15 is 0 Å². The third-order valence-corrected chi connectivity index (χ3v) is 3.89. The molecule has 0 aliphatic heterocycles. The number of carbonyl (C=O) groups is 1. The molecule has 0 aromatic heterocycles. The highest BCUT2D eigenvalue weighted by molar-refractivity contribution is 7.98. The summed E-state index contributed by atoms with van der Waals surface area (Å²) in [5.74, 6) is 1.36. The van der Waals surface area contributed by atoms with Gasteiger partial charge in [-0.25, -0.2) is 0 Å². The Morgan fingerprint density at radius 3 is 2.60 bits per heavy atom. The molecule has 100 valence electrons. The maximum Gasteiger partial charge on any atom is 0.150 e. The number of carbonyl (C=O) groups excluding carboxylic acids is 1. The van der Waals surface area contributed by atoms with Gasteiger partial charge in [0.05, 0.1) is 12.7 Å². The molecule has 0 unspecified atom stereocenters. The summed E-state index contributed by atoms with van der Waals surface area (Å²) in [7, 11) is 1.55. The Bertz CT molecular complexity index is 645. The van der Waals surface area contributed by atoms with E-state index in [9.17, 15) is 4.79 Å². The average molecular weight is 283 g/mol. The lowest BCUT2D eigenvalue weighted by atomic mass is 10.1. The fraction of sp³-hybridized carbons (Fsp3) is 0.125. The van der Waals surface area contributed by atoms with E-state index in [1.165, 1.54) is 0 Å². The molecule has 0 saturated carbocycles. The number of nitriles is 1. The van der Waals surface area contributed by atoms with Crippen LogP contribution in [0.25, 0.3) is 0 Å². The number of benzene rings is 2. The second kappa shape index (κ2) is 6.78. The first-order valence-electron chi connectivity index (χ1n) is 6.02. The third kappa shape index (κ3) is 3.40. The van der Waals surface area contributed by atoms with Gasteiger partial charge >= 0.3 is 0 Å². The van der Waals surface area contributed by atoms with Crippen LogP contribution in [0.4, 0.5) is 0 Å². The van der Waals surface area contributed by atoms with Crippen LogP contribution in [-0.2, 0) is 5.75 Å². The summed E-state index contributed by atoms with van der Waals surface area (Å²) in [5, 5.41) is 9.05. The highest BCUT2D eigenvalue weighted by atomic mass is 32.2. The first-order chi connectivity index (χ1) is 9.76. The molecule has 0 aliphatic rings. The molecule has 0 aliphatic carbocycles. The minimum atomic E-state index is 0.543. The van der Waals surface area contributed by atoms with Crippen LogP contribution in [0.1, 0.15) is 21.5 Å². The first kappa shape index (κ1) is 14.2. The maximum atomic E-state index is 10.6. The van der Waals surface area contributed by atoms with Crippen LogP contribution < -0.4 is 4.74 Å². The zero-order chi connectivity index (χ0) is 14.4. The lowest BCUT2D eigenvalue weighted by molar-refractivity contribution is 0.112. The molecule has 0 fully saturated rings. The van der Waals surface area contributed by atoms with Crippen molar-refractivity contribution in [3.05, 3.63) is 59.2 Å². The van der Waals surface area contributed by atoms with Gasteiger partial charge in [0.15, 0.2) is 0 Å². The Hall–Kier alpha value is -2.25. The normalized spacial score (nSPS) is 9.80. The topological polar surface area (TPSA) is 50.1 Å². The molecule has 2 aromatic rings. The van der Waals surface area contributed by atoms with E-state index in [4.69, 9.17) is 10.00 Å². The monoisotopic (exact) mass is 283 g/mol. The fourth-order valence-corrected chi connectivity index (χ4v) is 2.58. The van der Waals surface area contributed by atoms with Crippen LogP contribution in [0, 0.1) is 11.3 Å². The van der Waals surface area contributed by atoms with E-state index in [-0.39, 0.29) is 0 Å². The van der Waals surface area contributed by atoms with Gasteiger partial charge < -0.3 is 4.74 Å². The van der Waals surface area contributed by atoms with Crippen LogP contribution in [0.3, 0.4) is 0 Å². The van der Waals surface area contributed by atoms with Gasteiger partial charge in [0.1, 0.15) is 18.1 Å². The number of ether oxygens (including phenoxy) is 1. The summed E-state index contributed by atoms with van der Waals surface area (Å²) in [6.45, 7) is 0. The second-order valence-electron chi connectivity index (χ2n) is 4.12. The second-order valence-corrected chi connectivity index (χ2v) is 5.17. The molecule has 0 radical (unpaired) electrons. The largest absolute Gasteiger partial charge is 0.495 e. The summed E-state index contributed by atoms with van der Waals surface area (Å²) in [4.78, 5) is 11.7. The Labute approximate surface area is 122 Å². The molecule has 2 rings (SSSR count). The van der Waals surface area contributed by atoms with Gasteiger partial charge in [0.2, 0.25) is 0 Å². The van der Waals surface area contributed by atoms with Crippen LogP contribution in [0.5, 0.6) is 5.75 Å². The Balaban J connectivity index is 2.06. The molecular formula is C16H13NO2S. The predicted octanol–water partition coefficient (Wildman–Crippen LogP) is 3.67. The number of thioether (sulfide) groups is 1. The van der Waals surface area contributed by atoms with Crippen LogP contribution >= 0.6 is 11.8 Å². The number of hydrogen-bond acceptors (Lipinski definition) is 4. The Kier molecular flexibility index (Phi) is 4.80. The zero-order valence-corrected chi connectivity index (χ0v) is 11.8. The Morgan fingerprint density at radius 2 is 2.00 bits per heavy atom. The number of hydrogen-bond donors (Lipinski definition) is 0. The van der Waals surface area contributed by atoms with E-state index < -0.39 is 0 Å². The third-order valence-electron chi connectivity index (χ3n) is 2.81. The molecule has 2 aromatic carbocycles.